The number of rotatable bonds is 2. The second kappa shape index (κ2) is 4.62. The topological polar surface area (TPSA) is 55.6 Å². The van der Waals surface area contributed by atoms with Gasteiger partial charge in [-0.1, -0.05) is 0 Å². The summed E-state index contributed by atoms with van der Waals surface area (Å²) in [5.41, 5.74) is 4.23. The fraction of sp³-hybridized carbons (Fsp3) is 0.300. The summed E-state index contributed by atoms with van der Waals surface area (Å²) >= 11 is 0. The van der Waals surface area contributed by atoms with Crippen molar-refractivity contribution in [3.8, 4) is 0 Å². The molecule has 1 aromatic carbocycles. The van der Waals surface area contributed by atoms with Crippen LogP contribution < -0.4 is 5.73 Å². The van der Waals surface area contributed by atoms with Gasteiger partial charge in [0.2, 0.25) is 0 Å². The molecule has 0 bridgehead atoms. The molecule has 94 valence electrons. The lowest BCUT2D eigenvalue weighted by Crippen LogP contribution is -2.26. The monoisotopic (exact) mass is 248 g/mol. The van der Waals surface area contributed by atoms with Crippen molar-refractivity contribution >= 4 is 11.6 Å². The number of hydrogen-bond donors (Lipinski definition) is 1. The molecule has 1 amide bonds. The Labute approximate surface area is 95.7 Å². The maximum absolute atomic E-state index is 12.3. The number of anilines is 1. The number of nitrogens with two attached hydrogens (primary N) is 1. The first-order chi connectivity index (χ1) is 7.77. The Bertz CT molecular complexity index is 432. The zero-order valence-electron chi connectivity index (χ0n) is 9.21. The number of carbonyl (C=O) groups is 1. The Balaban J connectivity index is 3.11. The van der Waals surface area contributed by atoms with Crippen LogP contribution in [0.15, 0.2) is 18.2 Å². The average molecular weight is 248 g/mol. The highest BCUT2D eigenvalue weighted by Crippen LogP contribution is 2.31. The number of amides is 1. The van der Waals surface area contributed by atoms with Crippen LogP contribution in [-0.2, 0) is 11.0 Å². The number of alkyl halides is 3. The van der Waals surface area contributed by atoms with Crippen molar-refractivity contribution in [3.05, 3.63) is 29.3 Å². The normalized spacial score (nSPS) is 11.4. The van der Waals surface area contributed by atoms with E-state index in [2.05, 4.69) is 4.84 Å². The summed E-state index contributed by atoms with van der Waals surface area (Å²) in [5, 5.41) is 0.874. The van der Waals surface area contributed by atoms with E-state index in [1.54, 1.807) is 0 Å². The lowest BCUT2D eigenvalue weighted by molar-refractivity contribution is -0.137. The first-order valence-electron chi connectivity index (χ1n) is 4.56. The van der Waals surface area contributed by atoms with Gasteiger partial charge in [0.25, 0.3) is 5.91 Å². The van der Waals surface area contributed by atoms with Crippen LogP contribution in [0.5, 0.6) is 0 Å². The predicted molar refractivity (Wildman–Crippen MR) is 55.0 cm³/mol. The van der Waals surface area contributed by atoms with Gasteiger partial charge in [-0.2, -0.15) is 13.2 Å². The Hall–Kier alpha value is -1.76. The number of halogens is 3. The Morgan fingerprint density at radius 3 is 2.41 bits per heavy atom. The van der Waals surface area contributed by atoms with Gasteiger partial charge in [-0.3, -0.25) is 9.63 Å². The van der Waals surface area contributed by atoms with Crippen LogP contribution in [0.2, 0.25) is 0 Å². The van der Waals surface area contributed by atoms with Crippen LogP contribution in [0.3, 0.4) is 0 Å². The molecular formula is C10H11F3N2O2. The van der Waals surface area contributed by atoms with E-state index in [0.717, 1.165) is 23.3 Å². The van der Waals surface area contributed by atoms with Crippen molar-refractivity contribution in [1.29, 1.82) is 0 Å². The molecule has 1 aromatic rings. The Morgan fingerprint density at radius 1 is 1.41 bits per heavy atom. The summed E-state index contributed by atoms with van der Waals surface area (Å²) in [6, 6.07) is 2.54. The maximum Gasteiger partial charge on any atom is 0.416 e. The summed E-state index contributed by atoms with van der Waals surface area (Å²) in [6.07, 6.45) is -4.48. The lowest BCUT2D eigenvalue weighted by atomic mass is 10.1. The third-order valence-electron chi connectivity index (χ3n) is 2.17. The van der Waals surface area contributed by atoms with E-state index >= 15 is 0 Å². The fourth-order valence-electron chi connectivity index (χ4n) is 1.19. The van der Waals surface area contributed by atoms with Gasteiger partial charge in [-0.15, -0.1) is 0 Å². The molecule has 7 heteroatoms. The number of nitrogens with zero attached hydrogens (tertiary/aromatic N) is 1. The third kappa shape index (κ3) is 2.88. The lowest BCUT2D eigenvalue weighted by Gasteiger charge is -2.16. The van der Waals surface area contributed by atoms with Crippen LogP contribution in [0.25, 0.3) is 0 Å². The van der Waals surface area contributed by atoms with Crippen molar-refractivity contribution in [3.63, 3.8) is 0 Å². The van der Waals surface area contributed by atoms with Gasteiger partial charge in [0.15, 0.2) is 0 Å². The van der Waals surface area contributed by atoms with E-state index in [4.69, 9.17) is 5.73 Å². The van der Waals surface area contributed by atoms with E-state index in [9.17, 15) is 18.0 Å². The van der Waals surface area contributed by atoms with E-state index in [1.807, 2.05) is 0 Å². The molecule has 2 N–H and O–H groups in total. The minimum atomic E-state index is -4.48. The summed E-state index contributed by atoms with van der Waals surface area (Å²) < 4.78 is 37.0. The van der Waals surface area contributed by atoms with Crippen molar-refractivity contribution in [1.82, 2.24) is 5.06 Å². The highest BCUT2D eigenvalue weighted by atomic mass is 19.4. The van der Waals surface area contributed by atoms with E-state index < -0.39 is 17.6 Å². The zero-order chi connectivity index (χ0) is 13.2. The molecule has 0 unspecified atom stereocenters. The zero-order valence-corrected chi connectivity index (χ0v) is 9.21. The molecule has 1 rings (SSSR count). The highest BCUT2D eigenvalue weighted by Gasteiger charge is 2.31. The summed E-state index contributed by atoms with van der Waals surface area (Å²) in [7, 11) is 2.59. The fourth-order valence-corrected chi connectivity index (χ4v) is 1.19. The molecule has 0 saturated carbocycles. The van der Waals surface area contributed by atoms with Gasteiger partial charge in [-0.25, -0.2) is 5.06 Å². The Kier molecular flexibility index (Phi) is 3.62. The predicted octanol–water partition coefficient (Wildman–Crippen LogP) is 1.92. The van der Waals surface area contributed by atoms with Crippen molar-refractivity contribution in [2.45, 2.75) is 6.18 Å². The molecule has 0 fully saturated rings. The standard InChI is InChI=1S/C10H11F3N2O2/c1-15(17-2)9(16)7-4-3-6(5-8(7)14)10(11,12)13/h3-5H,14H2,1-2H3. The molecule has 0 heterocycles. The first-order valence-corrected chi connectivity index (χ1v) is 4.56. The second-order valence-corrected chi connectivity index (χ2v) is 3.28. The minimum Gasteiger partial charge on any atom is -0.398 e. The van der Waals surface area contributed by atoms with E-state index in [0.29, 0.717) is 0 Å². The molecule has 0 saturated heterocycles. The molecule has 0 aliphatic heterocycles. The summed E-state index contributed by atoms with van der Waals surface area (Å²) in [5.74, 6) is -0.612. The Morgan fingerprint density at radius 2 is 2.00 bits per heavy atom. The van der Waals surface area contributed by atoms with Crippen LogP contribution >= 0.6 is 0 Å². The van der Waals surface area contributed by atoms with Crippen LogP contribution in [0, 0.1) is 0 Å². The average Bonchev–Trinajstić information content (AvgIpc) is 2.25. The molecule has 4 nitrogen and oxygen atoms in total. The molecule has 0 aromatic heterocycles. The molecule has 0 atom stereocenters. The number of hydroxylamine groups is 2. The number of carbonyl (C=O) groups excluding carboxylic acids is 1. The van der Waals surface area contributed by atoms with Crippen LogP contribution in [0.1, 0.15) is 15.9 Å². The minimum absolute atomic E-state index is 0.0395. The molecular weight excluding hydrogens is 237 g/mol. The molecule has 0 aliphatic rings. The highest BCUT2D eigenvalue weighted by molar-refractivity contribution is 5.98. The summed E-state index contributed by atoms with van der Waals surface area (Å²) in [4.78, 5) is 16.2. The van der Waals surface area contributed by atoms with Crippen LogP contribution in [0.4, 0.5) is 18.9 Å². The first kappa shape index (κ1) is 13.3. The maximum atomic E-state index is 12.3. The number of benzene rings is 1. The van der Waals surface area contributed by atoms with Crippen molar-refractivity contribution in [2.24, 2.45) is 0 Å². The third-order valence-corrected chi connectivity index (χ3v) is 2.17. The van der Waals surface area contributed by atoms with Crippen molar-refractivity contribution < 1.29 is 22.8 Å². The molecule has 17 heavy (non-hydrogen) atoms. The van der Waals surface area contributed by atoms with Gasteiger partial charge >= 0.3 is 6.18 Å². The number of hydrogen-bond acceptors (Lipinski definition) is 3. The smallest absolute Gasteiger partial charge is 0.398 e. The van der Waals surface area contributed by atoms with Crippen LogP contribution in [-0.4, -0.2) is 25.1 Å². The van der Waals surface area contributed by atoms with Gasteiger partial charge in [0.05, 0.1) is 18.2 Å². The molecule has 0 radical (unpaired) electrons. The second-order valence-electron chi connectivity index (χ2n) is 3.28. The van der Waals surface area contributed by atoms with Gasteiger partial charge in [-0.05, 0) is 18.2 Å². The molecule has 0 spiro atoms. The quantitative estimate of drug-likeness (QED) is 0.642. The van der Waals surface area contributed by atoms with Gasteiger partial charge in [0, 0.05) is 12.7 Å². The summed E-state index contributed by atoms with van der Waals surface area (Å²) in [6.45, 7) is 0. The molecule has 0 aliphatic carbocycles. The van der Waals surface area contributed by atoms with Gasteiger partial charge in [0.1, 0.15) is 0 Å². The van der Waals surface area contributed by atoms with Gasteiger partial charge < -0.3 is 5.73 Å². The number of nitrogen functional groups attached to an aromatic ring is 1. The van der Waals surface area contributed by atoms with Crippen molar-refractivity contribution in [2.75, 3.05) is 19.9 Å². The van der Waals surface area contributed by atoms with E-state index in [-0.39, 0.29) is 11.3 Å². The van der Waals surface area contributed by atoms with E-state index in [1.165, 1.54) is 14.2 Å². The largest absolute Gasteiger partial charge is 0.416 e. The SMILES string of the molecule is CON(C)C(=O)c1ccc(C(F)(F)F)cc1N.